The smallest absolute Gasteiger partial charge is 0.106 e. The van der Waals surface area contributed by atoms with Gasteiger partial charge in [-0.1, -0.05) is 0 Å². The third-order valence-corrected chi connectivity index (χ3v) is 9.90. The lowest BCUT2D eigenvalue weighted by molar-refractivity contribution is -0.121. The normalized spacial score (nSPS) is 47.5. The maximum absolute atomic E-state index is 15.1. The molecule has 7 fully saturated rings. The second-order valence-electron chi connectivity index (χ2n) is 12.0. The molecule has 0 radical (unpaired) electrons. The zero-order valence-corrected chi connectivity index (χ0v) is 19.7. The van der Waals surface area contributed by atoms with Gasteiger partial charge < -0.3 is 19.5 Å². The van der Waals surface area contributed by atoms with E-state index in [1.54, 1.807) is 0 Å². The van der Waals surface area contributed by atoms with E-state index < -0.39 is 6.17 Å². The lowest BCUT2D eigenvalue weighted by atomic mass is 9.70. The average molecular weight is 451 g/mol. The molecule has 5 atom stereocenters. The van der Waals surface area contributed by atoms with E-state index in [9.17, 15) is 0 Å². The van der Waals surface area contributed by atoms with Crippen molar-refractivity contribution in [1.82, 2.24) is 10.2 Å². The van der Waals surface area contributed by atoms with Crippen molar-refractivity contribution in [2.75, 3.05) is 46.1 Å². The largest absolute Gasteiger partial charge is 0.378 e. The predicted molar refractivity (Wildman–Crippen MR) is 121 cm³/mol. The van der Waals surface area contributed by atoms with Gasteiger partial charge in [0.25, 0.3) is 0 Å². The summed E-state index contributed by atoms with van der Waals surface area (Å²) in [5.41, 5.74) is 0.293. The summed E-state index contributed by atoms with van der Waals surface area (Å²) in [6.07, 6.45) is 11.8. The van der Waals surface area contributed by atoms with Gasteiger partial charge in [-0.2, -0.15) is 0 Å². The van der Waals surface area contributed by atoms with E-state index in [0.717, 1.165) is 91.0 Å². The molecule has 3 saturated carbocycles. The van der Waals surface area contributed by atoms with Crippen molar-refractivity contribution in [3.05, 3.63) is 0 Å². The van der Waals surface area contributed by atoms with Gasteiger partial charge in [-0.25, -0.2) is 4.39 Å². The highest BCUT2D eigenvalue weighted by molar-refractivity contribution is 5.07. The van der Waals surface area contributed by atoms with Crippen LogP contribution in [0.3, 0.4) is 0 Å². The number of nitrogens with one attached hydrogen (secondary N) is 1. The number of hydrogen-bond donors (Lipinski definition) is 1. The third-order valence-electron chi connectivity index (χ3n) is 9.90. The lowest BCUT2D eigenvalue weighted by Crippen LogP contribution is -2.70. The fourth-order valence-electron chi connectivity index (χ4n) is 7.81. The van der Waals surface area contributed by atoms with Crippen LogP contribution in [0.1, 0.15) is 70.6 Å². The first-order valence-corrected chi connectivity index (χ1v) is 13.6. The first kappa shape index (κ1) is 22.2. The van der Waals surface area contributed by atoms with Crippen LogP contribution in [0.15, 0.2) is 0 Å². The molecular weight excluding hydrogens is 407 g/mol. The first-order valence-electron chi connectivity index (χ1n) is 13.6. The quantitative estimate of drug-likeness (QED) is 0.610. The van der Waals surface area contributed by atoms with Crippen LogP contribution in [0.2, 0.25) is 0 Å². The van der Waals surface area contributed by atoms with Crippen molar-refractivity contribution in [3.63, 3.8) is 0 Å². The van der Waals surface area contributed by atoms with Crippen LogP contribution in [0, 0.1) is 17.3 Å². The molecule has 4 saturated heterocycles. The van der Waals surface area contributed by atoms with Crippen LogP contribution in [0.4, 0.5) is 4.39 Å². The van der Waals surface area contributed by atoms with Crippen molar-refractivity contribution in [1.29, 1.82) is 0 Å². The Kier molecular flexibility index (Phi) is 6.29. The molecule has 0 aromatic rings. The fraction of sp³-hybridized carbons (Fsp3) is 1.00. The Morgan fingerprint density at radius 3 is 2.56 bits per heavy atom. The number of fused-ring (bicyclic) bond motifs is 4. The summed E-state index contributed by atoms with van der Waals surface area (Å²) in [7, 11) is 0. The number of halogens is 1. The molecule has 7 aliphatic rings. The van der Waals surface area contributed by atoms with Crippen molar-refractivity contribution >= 4 is 0 Å². The highest BCUT2D eigenvalue weighted by Crippen LogP contribution is 2.50. The van der Waals surface area contributed by atoms with E-state index in [1.807, 2.05) is 0 Å². The summed E-state index contributed by atoms with van der Waals surface area (Å²) < 4.78 is 34.5. The lowest BCUT2D eigenvalue weighted by Gasteiger charge is -2.53. The van der Waals surface area contributed by atoms with Crippen LogP contribution < -0.4 is 5.32 Å². The Bertz CT molecular complexity index is 639. The number of hydrogen-bond acceptors (Lipinski definition) is 5. The molecule has 0 aromatic carbocycles. The molecule has 1 N–H and O–H groups in total. The Morgan fingerprint density at radius 1 is 0.906 bits per heavy atom. The van der Waals surface area contributed by atoms with Crippen LogP contribution >= 0.6 is 0 Å². The summed E-state index contributed by atoms with van der Waals surface area (Å²) in [6, 6.07) is 0.368. The van der Waals surface area contributed by atoms with Gasteiger partial charge in [0.15, 0.2) is 0 Å². The minimum atomic E-state index is -0.678. The maximum atomic E-state index is 15.1. The van der Waals surface area contributed by atoms with Gasteiger partial charge in [0.05, 0.1) is 50.2 Å². The number of nitrogens with zero attached hydrogens (tertiary/aromatic N) is 1. The molecular formula is C26H43FN2O3. The number of alkyl halides is 1. The Balaban J connectivity index is 1.25. The van der Waals surface area contributed by atoms with Crippen LogP contribution in [0.5, 0.6) is 0 Å². The molecule has 2 spiro atoms. The average Bonchev–Trinajstić information content (AvgIpc) is 3.58. The fourth-order valence-corrected chi connectivity index (χ4v) is 7.81. The summed E-state index contributed by atoms with van der Waals surface area (Å²) in [5.74, 6) is 0.581. The van der Waals surface area contributed by atoms with Gasteiger partial charge >= 0.3 is 0 Å². The van der Waals surface area contributed by atoms with Crippen molar-refractivity contribution in [2.24, 2.45) is 17.3 Å². The molecule has 2 bridgehead atoms. The molecule has 182 valence electrons. The van der Waals surface area contributed by atoms with Gasteiger partial charge in [-0.05, 0) is 83.1 Å². The van der Waals surface area contributed by atoms with Crippen LogP contribution in [0.25, 0.3) is 0 Å². The molecule has 6 heteroatoms. The van der Waals surface area contributed by atoms with Crippen LogP contribution in [-0.2, 0) is 14.2 Å². The maximum Gasteiger partial charge on any atom is 0.106 e. The zero-order valence-electron chi connectivity index (χ0n) is 19.7. The standard InChI is InChI=1S/C26H43FN2O3/c27-21-3-1-4-22-24(21)19-5-7-20(8-6-19)31-15-23-26(18-30-14-12-28-26)9-2-13-29(23)16-25(10-11-25)17-32-22/h19-24,28H,1-18H2/t19?,20?,21?,22?,23-,24?,26+/m0/s1. The molecule has 5 nitrogen and oxygen atoms in total. The highest BCUT2D eigenvalue weighted by atomic mass is 19.1. The predicted octanol–water partition coefficient (Wildman–Crippen LogP) is 3.70. The first-order chi connectivity index (χ1) is 15.7. The minimum Gasteiger partial charge on any atom is -0.378 e. The topological polar surface area (TPSA) is 43.0 Å². The molecule has 3 aliphatic carbocycles. The van der Waals surface area contributed by atoms with E-state index in [4.69, 9.17) is 14.2 Å². The zero-order chi connectivity index (χ0) is 21.6. The van der Waals surface area contributed by atoms with Crippen molar-refractivity contribution in [3.8, 4) is 0 Å². The molecule has 4 heterocycles. The Hall–Kier alpha value is -0.270. The van der Waals surface area contributed by atoms with E-state index in [-0.39, 0.29) is 23.0 Å². The second kappa shape index (κ2) is 9.07. The number of piperidine rings is 1. The molecule has 0 aromatic heterocycles. The van der Waals surface area contributed by atoms with E-state index in [0.29, 0.717) is 18.1 Å². The van der Waals surface area contributed by atoms with Crippen molar-refractivity contribution < 1.29 is 18.6 Å². The number of rotatable bonds is 0. The second-order valence-corrected chi connectivity index (χ2v) is 12.0. The SMILES string of the molecule is FC1CCCC2OCC3(CC3)CN3CCC[C@@]4(COCCN4)[C@@H]3COC3CCC(CC3)C12. The third kappa shape index (κ3) is 4.28. The van der Waals surface area contributed by atoms with Gasteiger partial charge in [0.2, 0.25) is 0 Å². The number of morpholine rings is 1. The monoisotopic (exact) mass is 450 g/mol. The minimum absolute atomic E-state index is 0.0254. The Morgan fingerprint density at radius 2 is 1.78 bits per heavy atom. The van der Waals surface area contributed by atoms with Gasteiger partial charge in [-0.3, -0.25) is 4.90 Å². The van der Waals surface area contributed by atoms with E-state index in [2.05, 4.69) is 10.2 Å². The van der Waals surface area contributed by atoms with E-state index in [1.165, 1.54) is 25.7 Å². The molecule has 0 amide bonds. The van der Waals surface area contributed by atoms with E-state index >= 15 is 4.39 Å². The van der Waals surface area contributed by atoms with Crippen LogP contribution in [-0.4, -0.2) is 80.9 Å². The molecule has 3 unspecified atom stereocenters. The summed E-state index contributed by atoms with van der Waals surface area (Å²) >= 11 is 0. The van der Waals surface area contributed by atoms with Gasteiger partial charge in [0, 0.05) is 24.4 Å². The molecule has 32 heavy (non-hydrogen) atoms. The number of ether oxygens (including phenoxy) is 3. The van der Waals surface area contributed by atoms with Crippen molar-refractivity contribution in [2.45, 2.75) is 101 Å². The van der Waals surface area contributed by atoms with Gasteiger partial charge in [0.1, 0.15) is 6.17 Å². The molecule has 7 rings (SSSR count). The summed E-state index contributed by atoms with van der Waals surface area (Å²) in [4.78, 5) is 2.72. The molecule has 4 aliphatic heterocycles. The summed E-state index contributed by atoms with van der Waals surface area (Å²) in [5, 5.41) is 3.88. The van der Waals surface area contributed by atoms with Gasteiger partial charge in [-0.15, -0.1) is 0 Å². The highest BCUT2D eigenvalue weighted by Gasteiger charge is 2.52. The Labute approximate surface area is 193 Å². The summed E-state index contributed by atoms with van der Waals surface area (Å²) in [6.45, 7) is 6.40.